The first-order chi connectivity index (χ1) is 14.6. The van der Waals surface area contributed by atoms with Crippen LogP contribution < -0.4 is 16.6 Å². The van der Waals surface area contributed by atoms with Gasteiger partial charge >= 0.3 is 0 Å². The lowest BCUT2D eigenvalue weighted by Gasteiger charge is -2.16. The van der Waals surface area contributed by atoms with Crippen LogP contribution in [0.2, 0.25) is 0 Å². The number of rotatable bonds is 6. The van der Waals surface area contributed by atoms with Crippen LogP contribution in [-0.2, 0) is 19.9 Å². The van der Waals surface area contributed by atoms with E-state index in [9.17, 15) is 16.8 Å². The van der Waals surface area contributed by atoms with E-state index < -0.39 is 35.4 Å². The molecular formula is C15H16N10O4S2. The molecule has 14 nitrogen and oxygen atoms in total. The van der Waals surface area contributed by atoms with Gasteiger partial charge in [-0.25, -0.2) is 27.0 Å². The molecule has 0 unspecified atom stereocenters. The molecule has 0 radical (unpaired) electrons. The van der Waals surface area contributed by atoms with Gasteiger partial charge < -0.3 is 16.5 Å². The molecule has 0 spiro atoms. The number of nitrogens with two attached hydrogens (primary N) is 3. The van der Waals surface area contributed by atoms with Crippen molar-refractivity contribution in [1.29, 1.82) is 0 Å². The van der Waals surface area contributed by atoms with Crippen molar-refractivity contribution in [3.05, 3.63) is 24.4 Å². The molecule has 0 saturated heterocycles. The van der Waals surface area contributed by atoms with Crippen molar-refractivity contribution < 1.29 is 16.8 Å². The van der Waals surface area contributed by atoms with Gasteiger partial charge in [0.2, 0.25) is 15.8 Å². The van der Waals surface area contributed by atoms with Crippen LogP contribution in [0.3, 0.4) is 0 Å². The topological polar surface area (TPSA) is 242 Å². The number of primary sulfonamides is 1. The Bertz CT molecular complexity index is 1490. The number of sulfone groups is 1. The second-order valence-corrected chi connectivity index (χ2v) is 9.96. The zero-order valence-corrected chi connectivity index (χ0v) is 17.3. The number of anilines is 1. The third-order valence-electron chi connectivity index (χ3n) is 4.40. The molecule has 1 aromatic carbocycles. The van der Waals surface area contributed by atoms with Crippen LogP contribution in [0.15, 0.2) is 34.2 Å². The predicted molar refractivity (Wildman–Crippen MR) is 109 cm³/mol. The highest BCUT2D eigenvalue weighted by molar-refractivity contribution is 7.93. The molecule has 31 heavy (non-hydrogen) atoms. The minimum absolute atomic E-state index is 0.0878. The number of hydrogen-bond donors (Lipinski definition) is 5. The SMILES string of the molecule is NCCS(=O)(=O)c1ccc(-c2ccnc3nc(N)[nH]c23)c(-c2nn[nH]n2)c1S(N)(=O)=O. The van der Waals surface area contributed by atoms with E-state index in [-0.39, 0.29) is 35.1 Å². The van der Waals surface area contributed by atoms with Crippen LogP contribution in [0.1, 0.15) is 0 Å². The summed E-state index contributed by atoms with van der Waals surface area (Å²) in [7, 11) is -8.68. The van der Waals surface area contributed by atoms with E-state index >= 15 is 0 Å². The number of imidazole rings is 1. The van der Waals surface area contributed by atoms with Gasteiger partial charge in [-0.2, -0.15) is 10.2 Å². The van der Waals surface area contributed by atoms with Crippen molar-refractivity contribution in [2.24, 2.45) is 10.9 Å². The molecule has 0 amide bonds. The molecule has 0 bridgehead atoms. The third-order valence-corrected chi connectivity index (χ3v) is 7.30. The normalized spacial score (nSPS) is 12.5. The summed E-state index contributed by atoms with van der Waals surface area (Å²) in [6.45, 7) is -0.218. The average Bonchev–Trinajstić information content (AvgIpc) is 3.34. The summed E-state index contributed by atoms with van der Waals surface area (Å²) in [6, 6.07) is 4.13. The van der Waals surface area contributed by atoms with Gasteiger partial charge in [-0.1, -0.05) is 6.07 Å². The zero-order chi connectivity index (χ0) is 22.4. The highest BCUT2D eigenvalue weighted by Gasteiger charge is 2.32. The fourth-order valence-electron chi connectivity index (χ4n) is 3.22. The Labute approximate surface area is 175 Å². The van der Waals surface area contributed by atoms with Gasteiger partial charge in [0.15, 0.2) is 21.4 Å². The van der Waals surface area contributed by atoms with Crippen LogP contribution >= 0.6 is 0 Å². The molecule has 0 aliphatic rings. The highest BCUT2D eigenvalue weighted by atomic mass is 32.2. The van der Waals surface area contributed by atoms with Gasteiger partial charge in [0.25, 0.3) is 0 Å². The Morgan fingerprint density at radius 3 is 2.48 bits per heavy atom. The highest BCUT2D eigenvalue weighted by Crippen LogP contribution is 2.40. The number of pyridine rings is 1. The van der Waals surface area contributed by atoms with E-state index in [1.165, 1.54) is 12.3 Å². The monoisotopic (exact) mass is 464 g/mol. The van der Waals surface area contributed by atoms with E-state index in [4.69, 9.17) is 16.6 Å². The van der Waals surface area contributed by atoms with E-state index in [2.05, 4.69) is 35.6 Å². The number of aromatic amines is 2. The zero-order valence-electron chi connectivity index (χ0n) is 15.6. The lowest BCUT2D eigenvalue weighted by atomic mass is 9.99. The molecule has 16 heteroatoms. The molecule has 4 rings (SSSR count). The van der Waals surface area contributed by atoms with Crippen LogP contribution in [0.5, 0.6) is 0 Å². The van der Waals surface area contributed by atoms with Crippen LogP contribution in [0.25, 0.3) is 33.7 Å². The van der Waals surface area contributed by atoms with E-state index in [0.717, 1.165) is 6.07 Å². The number of fused-ring (bicyclic) bond motifs is 1. The molecule has 0 aliphatic heterocycles. The van der Waals surface area contributed by atoms with Gasteiger partial charge in [-0.15, -0.1) is 10.2 Å². The standard InChI is InChI=1S/C15H16N10O4S2/c16-4-6-30(26,27)9-2-1-7(8-3-5-19-14-11(8)20-15(17)21-14)10(12(9)31(18,28)29)13-22-24-25-23-13/h1-3,5H,4,6,16H2,(H2,18,28,29)(H3,17,19,20,21)(H,22,23,24,25). The first-order valence-corrected chi connectivity index (χ1v) is 11.8. The van der Waals surface area contributed by atoms with Crippen molar-refractivity contribution in [3.63, 3.8) is 0 Å². The van der Waals surface area contributed by atoms with Gasteiger partial charge in [0.05, 0.1) is 21.7 Å². The van der Waals surface area contributed by atoms with Crippen LogP contribution in [0.4, 0.5) is 5.95 Å². The molecule has 3 heterocycles. The van der Waals surface area contributed by atoms with Crippen molar-refractivity contribution in [3.8, 4) is 22.5 Å². The van der Waals surface area contributed by atoms with Crippen LogP contribution in [-0.4, -0.2) is 64.7 Å². The quantitative estimate of drug-likeness (QED) is 0.226. The number of benzene rings is 1. The van der Waals surface area contributed by atoms with E-state index in [1.54, 1.807) is 6.07 Å². The molecule has 0 fully saturated rings. The molecule has 4 aromatic rings. The molecule has 0 aliphatic carbocycles. The number of H-pyrrole nitrogens is 2. The molecule has 162 valence electrons. The largest absolute Gasteiger partial charge is 0.369 e. The first kappa shape index (κ1) is 20.8. The maximum absolute atomic E-state index is 12.8. The molecule has 3 aromatic heterocycles. The lowest BCUT2D eigenvalue weighted by Crippen LogP contribution is -2.22. The Balaban J connectivity index is 2.18. The van der Waals surface area contributed by atoms with Gasteiger partial charge in [-0.05, 0) is 22.9 Å². The number of nitrogens with zero attached hydrogens (tertiary/aromatic N) is 5. The number of sulfonamides is 1. The number of aromatic nitrogens is 7. The number of nitrogens with one attached hydrogen (secondary N) is 2. The van der Waals surface area contributed by atoms with Crippen molar-refractivity contribution in [2.75, 3.05) is 18.0 Å². The summed E-state index contributed by atoms with van der Waals surface area (Å²) in [6.07, 6.45) is 1.44. The molecule has 0 saturated carbocycles. The molecular weight excluding hydrogens is 448 g/mol. The van der Waals surface area contributed by atoms with Gasteiger partial charge in [0.1, 0.15) is 4.90 Å². The molecule has 0 atom stereocenters. The fourth-order valence-corrected chi connectivity index (χ4v) is 5.98. The number of tetrazole rings is 1. The third kappa shape index (κ3) is 3.61. The molecule has 8 N–H and O–H groups in total. The van der Waals surface area contributed by atoms with Crippen molar-refractivity contribution >= 4 is 37.0 Å². The van der Waals surface area contributed by atoms with Gasteiger partial charge in [0, 0.05) is 18.3 Å². The van der Waals surface area contributed by atoms with E-state index in [1.807, 2.05) is 0 Å². The Kier molecular flexibility index (Phi) is 4.92. The number of nitrogen functional groups attached to an aromatic ring is 1. The second-order valence-electron chi connectivity index (χ2n) is 6.38. The Morgan fingerprint density at radius 1 is 1.06 bits per heavy atom. The summed E-state index contributed by atoms with van der Waals surface area (Å²) in [5, 5.41) is 18.8. The fraction of sp³-hybridized carbons (Fsp3) is 0.133. The summed E-state index contributed by atoms with van der Waals surface area (Å²) < 4.78 is 50.8. The minimum atomic E-state index is -4.58. The van der Waals surface area contributed by atoms with E-state index in [0.29, 0.717) is 11.1 Å². The minimum Gasteiger partial charge on any atom is -0.369 e. The summed E-state index contributed by atoms with van der Waals surface area (Å²) in [5.41, 5.74) is 12.3. The van der Waals surface area contributed by atoms with Crippen molar-refractivity contribution in [1.82, 2.24) is 35.6 Å². The second kappa shape index (κ2) is 7.34. The average molecular weight is 464 g/mol. The smallest absolute Gasteiger partial charge is 0.240 e. The predicted octanol–water partition coefficient (Wildman–Crippen LogP) is -1.23. The lowest BCUT2D eigenvalue weighted by molar-refractivity contribution is 0.583. The van der Waals surface area contributed by atoms with Crippen LogP contribution in [0, 0.1) is 0 Å². The van der Waals surface area contributed by atoms with Crippen molar-refractivity contribution in [2.45, 2.75) is 9.79 Å². The summed E-state index contributed by atoms with van der Waals surface area (Å²) >= 11 is 0. The number of hydrogen-bond acceptors (Lipinski definition) is 11. The maximum Gasteiger partial charge on any atom is 0.240 e. The Morgan fingerprint density at radius 2 is 1.84 bits per heavy atom. The van der Waals surface area contributed by atoms with Gasteiger partial charge in [-0.3, -0.25) is 0 Å². The summed E-state index contributed by atoms with van der Waals surface area (Å²) in [5.74, 6) is -0.580. The first-order valence-electron chi connectivity index (χ1n) is 8.60. The maximum atomic E-state index is 12.8. The summed E-state index contributed by atoms with van der Waals surface area (Å²) in [4.78, 5) is 9.82. The Hall–Kier alpha value is -3.47.